The van der Waals surface area contributed by atoms with E-state index < -0.39 is 12.0 Å². The fourth-order valence-electron chi connectivity index (χ4n) is 3.18. The molecule has 0 spiro atoms. The Hall–Kier alpha value is -1.88. The first-order valence-corrected chi connectivity index (χ1v) is 8.00. The molecule has 118 valence electrons. The van der Waals surface area contributed by atoms with Gasteiger partial charge in [0.15, 0.2) is 0 Å². The maximum Gasteiger partial charge on any atom is 0.326 e. The molecule has 0 unspecified atom stereocenters. The monoisotopic (exact) mass is 302 g/mol. The lowest BCUT2D eigenvalue weighted by atomic mass is 10.0. The van der Waals surface area contributed by atoms with Crippen molar-refractivity contribution in [3.63, 3.8) is 0 Å². The molecule has 5 heteroatoms. The molecule has 1 atom stereocenters. The van der Waals surface area contributed by atoms with Crippen molar-refractivity contribution >= 4 is 11.9 Å². The fraction of sp³-hybridized carbons (Fsp3) is 0.529. The Kier molecular flexibility index (Phi) is 4.43. The molecule has 2 heterocycles. The third kappa shape index (κ3) is 3.14. The third-order valence-electron chi connectivity index (χ3n) is 4.62. The zero-order valence-corrected chi connectivity index (χ0v) is 12.7. The van der Waals surface area contributed by atoms with Crippen molar-refractivity contribution < 1.29 is 14.7 Å². The van der Waals surface area contributed by atoms with Gasteiger partial charge in [0.25, 0.3) is 5.91 Å². The normalized spacial score (nSPS) is 22.2. The molecule has 2 aliphatic heterocycles. The Balaban J connectivity index is 1.61. The number of hydrogen-bond donors (Lipinski definition) is 1. The van der Waals surface area contributed by atoms with Crippen molar-refractivity contribution in [2.24, 2.45) is 0 Å². The third-order valence-corrected chi connectivity index (χ3v) is 4.62. The number of aliphatic carboxylic acids is 1. The lowest BCUT2D eigenvalue weighted by molar-refractivity contribution is -0.146. The summed E-state index contributed by atoms with van der Waals surface area (Å²) in [4.78, 5) is 27.2. The smallest absolute Gasteiger partial charge is 0.326 e. The predicted octanol–water partition coefficient (Wildman–Crippen LogP) is 1.97. The van der Waals surface area contributed by atoms with E-state index in [0.717, 1.165) is 19.6 Å². The van der Waals surface area contributed by atoms with Gasteiger partial charge in [0.2, 0.25) is 0 Å². The van der Waals surface area contributed by atoms with Crippen LogP contribution in [-0.4, -0.2) is 52.5 Å². The van der Waals surface area contributed by atoms with Crippen LogP contribution in [0.25, 0.3) is 0 Å². The van der Waals surface area contributed by atoms with E-state index in [2.05, 4.69) is 4.90 Å². The second-order valence-corrected chi connectivity index (χ2v) is 6.17. The van der Waals surface area contributed by atoms with Crippen molar-refractivity contribution in [2.75, 3.05) is 19.6 Å². The van der Waals surface area contributed by atoms with Gasteiger partial charge in [-0.25, -0.2) is 4.79 Å². The van der Waals surface area contributed by atoms with E-state index in [0.29, 0.717) is 18.5 Å². The Morgan fingerprint density at radius 3 is 2.27 bits per heavy atom. The van der Waals surface area contributed by atoms with Gasteiger partial charge in [-0.2, -0.15) is 0 Å². The first-order chi connectivity index (χ1) is 10.6. The molecule has 0 aromatic heterocycles. The van der Waals surface area contributed by atoms with E-state index >= 15 is 0 Å². The van der Waals surface area contributed by atoms with Gasteiger partial charge < -0.3 is 10.0 Å². The zero-order valence-electron chi connectivity index (χ0n) is 12.7. The van der Waals surface area contributed by atoms with Crippen LogP contribution in [0.2, 0.25) is 0 Å². The molecule has 22 heavy (non-hydrogen) atoms. The van der Waals surface area contributed by atoms with Crippen molar-refractivity contribution in [1.29, 1.82) is 0 Å². The van der Waals surface area contributed by atoms with Gasteiger partial charge in [-0.1, -0.05) is 18.6 Å². The first kappa shape index (κ1) is 15.0. The summed E-state index contributed by atoms with van der Waals surface area (Å²) >= 11 is 0. The van der Waals surface area contributed by atoms with Crippen molar-refractivity contribution in [2.45, 2.75) is 38.3 Å². The van der Waals surface area contributed by atoms with Gasteiger partial charge in [0, 0.05) is 18.7 Å². The molecule has 2 saturated heterocycles. The quantitative estimate of drug-likeness (QED) is 0.924. The van der Waals surface area contributed by atoms with Crippen LogP contribution in [0, 0.1) is 0 Å². The average molecular weight is 302 g/mol. The van der Waals surface area contributed by atoms with Crippen LogP contribution in [0.1, 0.15) is 41.6 Å². The highest BCUT2D eigenvalue weighted by Gasteiger charge is 2.37. The second kappa shape index (κ2) is 6.48. The number of carboxylic acids is 1. The van der Waals surface area contributed by atoms with Crippen LogP contribution < -0.4 is 0 Å². The van der Waals surface area contributed by atoms with Gasteiger partial charge >= 0.3 is 5.97 Å². The molecule has 1 amide bonds. The number of benzene rings is 1. The van der Waals surface area contributed by atoms with Crippen LogP contribution in [0.3, 0.4) is 0 Å². The molecule has 2 fully saturated rings. The highest BCUT2D eigenvalue weighted by atomic mass is 16.4. The lowest BCUT2D eigenvalue weighted by Gasteiger charge is -2.38. The number of carboxylic acid groups (broad SMARTS) is 1. The summed E-state index contributed by atoms with van der Waals surface area (Å²) in [5.74, 6) is -1.09. The summed E-state index contributed by atoms with van der Waals surface area (Å²) in [5, 5.41) is 9.03. The highest BCUT2D eigenvalue weighted by molar-refractivity contribution is 5.97. The molecule has 3 rings (SSSR count). The van der Waals surface area contributed by atoms with Gasteiger partial charge in [-0.05, 0) is 50.0 Å². The second-order valence-electron chi connectivity index (χ2n) is 6.17. The summed E-state index contributed by atoms with van der Waals surface area (Å²) in [6, 6.07) is 6.95. The number of carbonyl (C=O) groups excluding carboxylic acids is 1. The lowest BCUT2D eigenvalue weighted by Crippen LogP contribution is -2.55. The van der Waals surface area contributed by atoms with E-state index in [-0.39, 0.29) is 5.91 Å². The first-order valence-electron chi connectivity index (χ1n) is 8.00. The largest absolute Gasteiger partial charge is 0.480 e. The molecular weight excluding hydrogens is 280 g/mol. The number of piperidine rings is 1. The molecule has 1 aromatic carbocycles. The Labute approximate surface area is 130 Å². The summed E-state index contributed by atoms with van der Waals surface area (Å²) in [6.07, 6.45) is 4.41. The number of amides is 1. The van der Waals surface area contributed by atoms with E-state index in [1.165, 1.54) is 29.7 Å². The van der Waals surface area contributed by atoms with E-state index in [4.69, 9.17) is 5.11 Å². The Bertz CT molecular complexity index is 550. The van der Waals surface area contributed by atoms with Crippen LogP contribution in [-0.2, 0) is 11.3 Å². The van der Waals surface area contributed by atoms with Gasteiger partial charge in [0.1, 0.15) is 6.04 Å². The fourth-order valence-corrected chi connectivity index (χ4v) is 3.18. The molecule has 2 aliphatic rings. The number of nitrogens with zero attached hydrogens (tertiary/aromatic N) is 2. The number of hydrogen-bond acceptors (Lipinski definition) is 3. The van der Waals surface area contributed by atoms with Crippen molar-refractivity contribution in [3.05, 3.63) is 35.4 Å². The summed E-state index contributed by atoms with van der Waals surface area (Å²) in [7, 11) is 0. The maximum atomic E-state index is 12.3. The molecule has 1 aromatic rings. The van der Waals surface area contributed by atoms with E-state index in [9.17, 15) is 9.59 Å². The number of likely N-dealkylation sites (tertiary alicyclic amines) is 2. The van der Waals surface area contributed by atoms with Crippen LogP contribution in [0.5, 0.6) is 0 Å². The number of carbonyl (C=O) groups is 2. The molecule has 1 N–H and O–H groups in total. The average Bonchev–Trinajstić information content (AvgIpc) is 2.47. The summed E-state index contributed by atoms with van der Waals surface area (Å²) < 4.78 is 0. The molecule has 0 saturated carbocycles. The minimum atomic E-state index is -0.915. The molecule has 0 radical (unpaired) electrons. The van der Waals surface area contributed by atoms with Crippen molar-refractivity contribution in [3.8, 4) is 0 Å². The van der Waals surface area contributed by atoms with E-state index in [1.54, 1.807) is 0 Å². The summed E-state index contributed by atoms with van der Waals surface area (Å²) in [6.45, 7) is 3.75. The molecule has 0 aliphatic carbocycles. The van der Waals surface area contributed by atoms with Gasteiger partial charge in [-0.3, -0.25) is 9.69 Å². The highest BCUT2D eigenvalue weighted by Crippen LogP contribution is 2.21. The molecular formula is C17H22N2O3. The van der Waals surface area contributed by atoms with Crippen molar-refractivity contribution in [1.82, 2.24) is 9.80 Å². The predicted molar refractivity (Wildman–Crippen MR) is 82.6 cm³/mol. The van der Waals surface area contributed by atoms with E-state index in [1.807, 2.05) is 24.3 Å². The van der Waals surface area contributed by atoms with Gasteiger partial charge in [0.05, 0.1) is 0 Å². The SMILES string of the molecule is O=C(O)[C@H]1CCN1C(=O)c1ccc(CN2CCCCC2)cc1. The number of rotatable bonds is 4. The molecule has 5 nitrogen and oxygen atoms in total. The van der Waals surface area contributed by atoms with Crippen LogP contribution >= 0.6 is 0 Å². The maximum absolute atomic E-state index is 12.3. The van der Waals surface area contributed by atoms with Crippen LogP contribution in [0.4, 0.5) is 0 Å². The Morgan fingerprint density at radius 1 is 1.05 bits per heavy atom. The minimum Gasteiger partial charge on any atom is -0.480 e. The topological polar surface area (TPSA) is 60.9 Å². The van der Waals surface area contributed by atoms with Crippen LogP contribution in [0.15, 0.2) is 24.3 Å². The standard InChI is InChI=1S/C17H22N2O3/c20-16(19-11-8-15(19)17(21)22)14-6-4-13(5-7-14)12-18-9-2-1-3-10-18/h4-7,15H,1-3,8-12H2,(H,21,22)/t15-/m1/s1. The molecule has 0 bridgehead atoms. The Morgan fingerprint density at radius 2 is 1.73 bits per heavy atom. The summed E-state index contributed by atoms with van der Waals surface area (Å²) in [5.41, 5.74) is 1.78. The van der Waals surface area contributed by atoms with Gasteiger partial charge in [-0.15, -0.1) is 0 Å². The minimum absolute atomic E-state index is 0.178. The zero-order chi connectivity index (χ0) is 15.5.